The van der Waals surface area contributed by atoms with Crippen molar-refractivity contribution in [3.05, 3.63) is 29.6 Å². The van der Waals surface area contributed by atoms with Gasteiger partial charge in [-0.05, 0) is 36.6 Å². The van der Waals surface area contributed by atoms with Gasteiger partial charge in [0.25, 0.3) is 0 Å². The van der Waals surface area contributed by atoms with Crippen LogP contribution in [0.1, 0.15) is 43.0 Å². The van der Waals surface area contributed by atoms with Crippen LogP contribution in [0.3, 0.4) is 0 Å². The minimum Gasteiger partial charge on any atom is -0.493 e. The maximum atomic E-state index is 6.19. The van der Waals surface area contributed by atoms with Gasteiger partial charge in [0.15, 0.2) is 5.82 Å². The third-order valence-electron chi connectivity index (χ3n) is 4.66. The summed E-state index contributed by atoms with van der Waals surface area (Å²) in [7, 11) is 0. The van der Waals surface area contributed by atoms with E-state index in [0.29, 0.717) is 11.7 Å². The molecule has 0 radical (unpaired) electrons. The van der Waals surface area contributed by atoms with Crippen LogP contribution < -0.4 is 16.3 Å². The summed E-state index contributed by atoms with van der Waals surface area (Å²) in [5, 5.41) is 0. The van der Waals surface area contributed by atoms with Crippen molar-refractivity contribution in [3.63, 3.8) is 0 Å². The first kappa shape index (κ1) is 12.6. The Kier molecular flexibility index (Phi) is 2.80. The maximum Gasteiger partial charge on any atom is 0.150 e. The van der Waals surface area contributed by atoms with Gasteiger partial charge in [0.2, 0.25) is 0 Å². The first-order chi connectivity index (χ1) is 10.2. The van der Waals surface area contributed by atoms with Crippen molar-refractivity contribution < 1.29 is 4.74 Å². The summed E-state index contributed by atoms with van der Waals surface area (Å²) in [5.41, 5.74) is 9.24. The molecule has 0 saturated heterocycles. The van der Waals surface area contributed by atoms with Crippen LogP contribution in [0.15, 0.2) is 18.2 Å². The van der Waals surface area contributed by atoms with Crippen molar-refractivity contribution in [1.82, 2.24) is 9.66 Å². The van der Waals surface area contributed by atoms with Gasteiger partial charge in [-0.25, -0.2) is 9.66 Å². The van der Waals surface area contributed by atoms with Gasteiger partial charge in [-0.3, -0.25) is 0 Å². The van der Waals surface area contributed by atoms with E-state index in [9.17, 15) is 0 Å². The number of aromatic nitrogens is 2. The highest BCUT2D eigenvalue weighted by atomic mass is 16.5. The molecule has 5 heteroatoms. The van der Waals surface area contributed by atoms with Crippen LogP contribution in [0.4, 0.5) is 5.82 Å². The zero-order valence-corrected chi connectivity index (χ0v) is 12.0. The van der Waals surface area contributed by atoms with Crippen molar-refractivity contribution in [2.45, 2.75) is 38.0 Å². The second-order valence-electron chi connectivity index (χ2n) is 5.98. The molecular formula is C16H20N4O. The fourth-order valence-electron chi connectivity index (χ4n) is 3.48. The van der Waals surface area contributed by atoms with Gasteiger partial charge >= 0.3 is 0 Å². The topological polar surface area (TPSA) is 79.1 Å². The molecule has 4 N–H and O–H groups in total. The molecule has 2 aromatic rings. The van der Waals surface area contributed by atoms with Crippen molar-refractivity contribution in [2.75, 3.05) is 18.2 Å². The Hall–Kier alpha value is -2.17. The molecule has 21 heavy (non-hydrogen) atoms. The predicted octanol–water partition coefficient (Wildman–Crippen LogP) is 2.44. The molecule has 1 aliphatic carbocycles. The molecule has 0 atom stereocenters. The van der Waals surface area contributed by atoms with Gasteiger partial charge in [-0.2, -0.15) is 0 Å². The average molecular weight is 284 g/mol. The van der Waals surface area contributed by atoms with E-state index in [1.165, 1.54) is 18.4 Å². The minimum atomic E-state index is 0.448. The lowest BCUT2D eigenvalue weighted by Crippen LogP contribution is -2.17. The highest BCUT2D eigenvalue weighted by Gasteiger charge is 2.25. The summed E-state index contributed by atoms with van der Waals surface area (Å²) in [6.07, 6.45) is 5.77. The zero-order valence-electron chi connectivity index (χ0n) is 12.0. The van der Waals surface area contributed by atoms with Crippen LogP contribution in [0.2, 0.25) is 0 Å². The highest BCUT2D eigenvalue weighted by Crippen LogP contribution is 2.37. The monoisotopic (exact) mass is 284 g/mol. The van der Waals surface area contributed by atoms with Crippen LogP contribution in [-0.2, 0) is 6.42 Å². The zero-order chi connectivity index (χ0) is 14.4. The largest absolute Gasteiger partial charge is 0.493 e. The first-order valence-corrected chi connectivity index (χ1v) is 7.63. The fourth-order valence-corrected chi connectivity index (χ4v) is 3.48. The van der Waals surface area contributed by atoms with Crippen LogP contribution >= 0.6 is 0 Å². The molecule has 0 spiro atoms. The maximum absolute atomic E-state index is 6.19. The quantitative estimate of drug-likeness (QED) is 0.830. The Labute approximate surface area is 123 Å². The van der Waals surface area contributed by atoms with E-state index in [4.69, 9.17) is 21.3 Å². The van der Waals surface area contributed by atoms with Crippen LogP contribution in [0.5, 0.6) is 5.75 Å². The summed E-state index contributed by atoms with van der Waals surface area (Å²) >= 11 is 0. The molecule has 1 aromatic carbocycles. The van der Waals surface area contributed by atoms with Crippen molar-refractivity contribution >= 4 is 5.82 Å². The molecule has 0 bridgehead atoms. The number of hydrogen-bond acceptors (Lipinski definition) is 4. The number of anilines is 1. The molecule has 0 unspecified atom stereocenters. The van der Waals surface area contributed by atoms with E-state index in [-0.39, 0.29) is 0 Å². The van der Waals surface area contributed by atoms with E-state index >= 15 is 0 Å². The number of ether oxygens (including phenoxy) is 1. The van der Waals surface area contributed by atoms with Gasteiger partial charge in [0.1, 0.15) is 17.3 Å². The van der Waals surface area contributed by atoms with E-state index < -0.39 is 0 Å². The lowest BCUT2D eigenvalue weighted by Gasteiger charge is -2.08. The predicted molar refractivity (Wildman–Crippen MR) is 82.6 cm³/mol. The number of imidazole rings is 1. The summed E-state index contributed by atoms with van der Waals surface area (Å²) in [6, 6.07) is 6.14. The molecule has 1 aliphatic heterocycles. The van der Waals surface area contributed by atoms with E-state index in [2.05, 4.69) is 6.07 Å². The first-order valence-electron chi connectivity index (χ1n) is 7.63. The standard InChI is InChI=1S/C16H20N4O/c17-15-14(12-5-6-13-11(9-12)7-8-21-13)19-16(20(15)18)10-3-1-2-4-10/h5-6,9-10H,1-4,7-8,17-18H2. The summed E-state index contributed by atoms with van der Waals surface area (Å²) in [6.45, 7) is 0.757. The molecule has 5 nitrogen and oxygen atoms in total. The molecule has 1 saturated carbocycles. The average Bonchev–Trinajstić information content (AvgIpc) is 3.21. The normalized spacial score (nSPS) is 17.9. The smallest absolute Gasteiger partial charge is 0.150 e. The third-order valence-corrected chi connectivity index (χ3v) is 4.66. The van der Waals surface area contributed by atoms with Gasteiger partial charge < -0.3 is 16.3 Å². The molecule has 1 fully saturated rings. The number of nitrogen functional groups attached to an aromatic ring is 2. The fraction of sp³-hybridized carbons (Fsp3) is 0.438. The van der Waals surface area contributed by atoms with Crippen LogP contribution in [0, 0.1) is 0 Å². The Bertz CT molecular complexity index is 686. The molecule has 2 aliphatic rings. The Morgan fingerprint density at radius 3 is 2.86 bits per heavy atom. The van der Waals surface area contributed by atoms with Gasteiger partial charge in [-0.15, -0.1) is 0 Å². The number of rotatable bonds is 2. The number of nitrogens with two attached hydrogens (primary N) is 2. The summed E-state index contributed by atoms with van der Waals surface area (Å²) < 4.78 is 7.13. The Morgan fingerprint density at radius 1 is 1.24 bits per heavy atom. The van der Waals surface area contributed by atoms with Crippen LogP contribution in [-0.4, -0.2) is 16.3 Å². The van der Waals surface area contributed by atoms with Gasteiger partial charge in [-0.1, -0.05) is 12.8 Å². The van der Waals surface area contributed by atoms with E-state index in [0.717, 1.165) is 48.7 Å². The Balaban J connectivity index is 1.76. The highest BCUT2D eigenvalue weighted by molar-refractivity contribution is 5.72. The third kappa shape index (κ3) is 1.95. The number of hydrogen-bond donors (Lipinski definition) is 2. The molecule has 4 rings (SSSR count). The number of benzene rings is 1. The van der Waals surface area contributed by atoms with E-state index in [1.807, 2.05) is 12.1 Å². The Morgan fingerprint density at radius 2 is 2.05 bits per heavy atom. The summed E-state index contributed by atoms with van der Waals surface area (Å²) in [5.74, 6) is 9.04. The number of fused-ring (bicyclic) bond motifs is 1. The summed E-state index contributed by atoms with van der Waals surface area (Å²) in [4.78, 5) is 4.76. The lowest BCUT2D eigenvalue weighted by atomic mass is 10.1. The van der Waals surface area contributed by atoms with Crippen molar-refractivity contribution in [2.24, 2.45) is 0 Å². The molecule has 2 heterocycles. The SMILES string of the molecule is Nc1c(-c2ccc3c(c2)CCO3)nc(C2CCCC2)n1N. The van der Waals surface area contributed by atoms with E-state index in [1.54, 1.807) is 4.68 Å². The molecule has 110 valence electrons. The van der Waals surface area contributed by atoms with Gasteiger partial charge in [0, 0.05) is 17.9 Å². The van der Waals surface area contributed by atoms with Crippen molar-refractivity contribution in [1.29, 1.82) is 0 Å². The molecular weight excluding hydrogens is 264 g/mol. The van der Waals surface area contributed by atoms with Gasteiger partial charge in [0.05, 0.1) is 6.61 Å². The van der Waals surface area contributed by atoms with Crippen molar-refractivity contribution in [3.8, 4) is 17.0 Å². The second kappa shape index (κ2) is 4.69. The molecule has 1 aromatic heterocycles. The lowest BCUT2D eigenvalue weighted by molar-refractivity contribution is 0.357. The second-order valence-corrected chi connectivity index (χ2v) is 5.98. The molecule has 0 amide bonds. The number of nitrogens with zero attached hydrogens (tertiary/aromatic N) is 2. The minimum absolute atomic E-state index is 0.448. The van der Waals surface area contributed by atoms with Crippen LogP contribution in [0.25, 0.3) is 11.3 Å².